The van der Waals surface area contributed by atoms with Crippen molar-refractivity contribution >= 4 is 0 Å². The van der Waals surface area contributed by atoms with Gasteiger partial charge >= 0.3 is 0 Å². The van der Waals surface area contributed by atoms with Crippen LogP contribution in [0.1, 0.15) is 12.5 Å². The standard InChI is InChI=1S/C16H13FN2O2/c1-2-10-3-5-11(6-4-10)15-18-16(21-19-15)13-8-7-12(17)9-14(13)20/h3-9,20H,2H2,1H3. The molecule has 1 N–H and O–H groups in total. The number of nitrogens with zero attached hydrogens (tertiary/aromatic N) is 2. The second kappa shape index (κ2) is 5.36. The zero-order valence-electron chi connectivity index (χ0n) is 11.4. The molecule has 0 aliphatic carbocycles. The summed E-state index contributed by atoms with van der Waals surface area (Å²) in [6.45, 7) is 2.08. The molecule has 0 atom stereocenters. The van der Waals surface area contributed by atoms with Gasteiger partial charge in [0.15, 0.2) is 0 Å². The summed E-state index contributed by atoms with van der Waals surface area (Å²) < 4.78 is 18.1. The number of aryl methyl sites for hydroxylation is 1. The van der Waals surface area contributed by atoms with E-state index in [0.717, 1.165) is 18.1 Å². The second-order valence-electron chi connectivity index (χ2n) is 4.64. The number of phenols is 1. The van der Waals surface area contributed by atoms with Gasteiger partial charge in [0.1, 0.15) is 11.6 Å². The van der Waals surface area contributed by atoms with Crippen LogP contribution in [0.4, 0.5) is 4.39 Å². The van der Waals surface area contributed by atoms with E-state index in [0.29, 0.717) is 11.4 Å². The van der Waals surface area contributed by atoms with Gasteiger partial charge < -0.3 is 9.63 Å². The lowest BCUT2D eigenvalue weighted by atomic mass is 10.1. The van der Waals surface area contributed by atoms with Crippen molar-refractivity contribution in [3.05, 3.63) is 53.8 Å². The van der Waals surface area contributed by atoms with Gasteiger partial charge in [-0.25, -0.2) is 4.39 Å². The molecule has 2 aromatic carbocycles. The summed E-state index contributed by atoms with van der Waals surface area (Å²) in [7, 11) is 0. The van der Waals surface area contributed by atoms with Crippen molar-refractivity contribution in [3.63, 3.8) is 0 Å². The highest BCUT2D eigenvalue weighted by Gasteiger charge is 2.14. The molecule has 0 amide bonds. The number of hydrogen-bond acceptors (Lipinski definition) is 4. The number of hydrogen-bond donors (Lipinski definition) is 1. The monoisotopic (exact) mass is 284 g/mol. The quantitative estimate of drug-likeness (QED) is 0.794. The van der Waals surface area contributed by atoms with Crippen LogP contribution < -0.4 is 0 Å². The van der Waals surface area contributed by atoms with Crippen molar-refractivity contribution in [1.82, 2.24) is 10.1 Å². The fourth-order valence-electron chi connectivity index (χ4n) is 2.03. The first-order valence-corrected chi connectivity index (χ1v) is 6.59. The fourth-order valence-corrected chi connectivity index (χ4v) is 2.03. The van der Waals surface area contributed by atoms with Crippen LogP contribution in [0.15, 0.2) is 47.0 Å². The maximum atomic E-state index is 13.0. The van der Waals surface area contributed by atoms with Crippen LogP contribution in [-0.4, -0.2) is 15.2 Å². The third kappa shape index (κ3) is 2.63. The zero-order chi connectivity index (χ0) is 14.8. The first kappa shape index (κ1) is 13.3. The highest BCUT2D eigenvalue weighted by atomic mass is 19.1. The van der Waals surface area contributed by atoms with E-state index < -0.39 is 5.82 Å². The molecule has 0 spiro atoms. The van der Waals surface area contributed by atoms with Crippen LogP contribution in [-0.2, 0) is 6.42 Å². The van der Waals surface area contributed by atoms with Crippen LogP contribution in [0, 0.1) is 5.82 Å². The Labute approximate surface area is 120 Å². The average molecular weight is 284 g/mol. The summed E-state index contributed by atoms with van der Waals surface area (Å²) in [5, 5.41) is 13.6. The molecule has 3 rings (SSSR count). The first-order valence-electron chi connectivity index (χ1n) is 6.59. The summed E-state index contributed by atoms with van der Waals surface area (Å²) in [6.07, 6.45) is 0.960. The molecule has 0 saturated carbocycles. The van der Waals surface area contributed by atoms with Crippen LogP contribution >= 0.6 is 0 Å². The minimum absolute atomic E-state index is 0.155. The summed E-state index contributed by atoms with van der Waals surface area (Å²) in [5.74, 6) is -0.170. The topological polar surface area (TPSA) is 59.2 Å². The van der Waals surface area contributed by atoms with Crippen molar-refractivity contribution in [2.24, 2.45) is 0 Å². The van der Waals surface area contributed by atoms with E-state index in [2.05, 4.69) is 17.1 Å². The van der Waals surface area contributed by atoms with Gasteiger partial charge in [-0.1, -0.05) is 36.3 Å². The van der Waals surface area contributed by atoms with Gasteiger partial charge in [-0.15, -0.1) is 0 Å². The Kier molecular flexibility index (Phi) is 3.39. The van der Waals surface area contributed by atoms with Gasteiger partial charge in [0.25, 0.3) is 5.89 Å². The number of aromatic hydroxyl groups is 1. The van der Waals surface area contributed by atoms with Gasteiger partial charge in [0.05, 0.1) is 5.56 Å². The third-order valence-corrected chi connectivity index (χ3v) is 3.24. The third-order valence-electron chi connectivity index (χ3n) is 3.24. The van der Waals surface area contributed by atoms with Crippen molar-refractivity contribution in [3.8, 4) is 28.6 Å². The Morgan fingerprint density at radius 1 is 1.14 bits per heavy atom. The number of benzene rings is 2. The number of rotatable bonds is 3. The lowest BCUT2D eigenvalue weighted by Gasteiger charge is -1.98. The van der Waals surface area contributed by atoms with Crippen molar-refractivity contribution in [2.75, 3.05) is 0 Å². The first-order chi connectivity index (χ1) is 10.2. The molecule has 0 radical (unpaired) electrons. The van der Waals surface area contributed by atoms with Crippen LogP contribution in [0.2, 0.25) is 0 Å². The predicted octanol–water partition coefficient (Wildman–Crippen LogP) is 3.81. The molecule has 0 saturated heterocycles. The van der Waals surface area contributed by atoms with Gasteiger partial charge in [-0.3, -0.25) is 0 Å². The SMILES string of the molecule is CCc1ccc(-c2noc(-c3ccc(F)cc3O)n2)cc1. The molecule has 21 heavy (non-hydrogen) atoms. The largest absolute Gasteiger partial charge is 0.507 e. The lowest BCUT2D eigenvalue weighted by Crippen LogP contribution is -1.84. The Hall–Kier alpha value is -2.69. The van der Waals surface area contributed by atoms with E-state index >= 15 is 0 Å². The van der Waals surface area contributed by atoms with Gasteiger partial charge in [0.2, 0.25) is 5.82 Å². The molecule has 1 heterocycles. The average Bonchev–Trinajstić information content (AvgIpc) is 2.97. The molecule has 0 aliphatic heterocycles. The summed E-state index contributed by atoms with van der Waals surface area (Å²) in [5.41, 5.74) is 2.35. The number of aromatic nitrogens is 2. The second-order valence-corrected chi connectivity index (χ2v) is 4.64. The van der Waals surface area contributed by atoms with Crippen LogP contribution in [0.25, 0.3) is 22.8 Å². The summed E-state index contributed by atoms with van der Waals surface area (Å²) in [4.78, 5) is 4.24. The molecular formula is C16H13FN2O2. The van der Waals surface area contributed by atoms with E-state index in [1.807, 2.05) is 24.3 Å². The maximum absolute atomic E-state index is 13.0. The molecule has 0 unspecified atom stereocenters. The Morgan fingerprint density at radius 3 is 2.57 bits per heavy atom. The van der Waals surface area contributed by atoms with E-state index in [9.17, 15) is 9.50 Å². The van der Waals surface area contributed by atoms with Gasteiger partial charge in [0, 0.05) is 11.6 Å². The molecule has 5 heteroatoms. The summed E-state index contributed by atoms with van der Waals surface area (Å²) in [6, 6.07) is 11.5. The lowest BCUT2D eigenvalue weighted by molar-refractivity contribution is 0.425. The zero-order valence-corrected chi connectivity index (χ0v) is 11.4. The smallest absolute Gasteiger partial charge is 0.262 e. The van der Waals surface area contributed by atoms with Crippen molar-refractivity contribution in [1.29, 1.82) is 0 Å². The van der Waals surface area contributed by atoms with Crippen LogP contribution in [0.5, 0.6) is 5.75 Å². The Balaban J connectivity index is 1.95. The molecule has 0 bridgehead atoms. The molecule has 3 aromatic rings. The van der Waals surface area contributed by atoms with Gasteiger partial charge in [-0.05, 0) is 24.1 Å². The molecule has 4 nitrogen and oxygen atoms in total. The van der Waals surface area contributed by atoms with E-state index in [4.69, 9.17) is 4.52 Å². The van der Waals surface area contributed by atoms with E-state index in [1.54, 1.807) is 0 Å². The highest BCUT2D eigenvalue weighted by Crippen LogP contribution is 2.29. The normalized spacial score (nSPS) is 10.8. The van der Waals surface area contributed by atoms with Gasteiger partial charge in [-0.2, -0.15) is 4.98 Å². The Morgan fingerprint density at radius 2 is 1.90 bits per heavy atom. The maximum Gasteiger partial charge on any atom is 0.262 e. The minimum Gasteiger partial charge on any atom is -0.507 e. The summed E-state index contributed by atoms with van der Waals surface area (Å²) >= 11 is 0. The highest BCUT2D eigenvalue weighted by molar-refractivity contribution is 5.64. The molecule has 0 fully saturated rings. The van der Waals surface area contributed by atoms with E-state index in [-0.39, 0.29) is 11.6 Å². The van der Waals surface area contributed by atoms with Crippen LogP contribution in [0.3, 0.4) is 0 Å². The predicted molar refractivity (Wildman–Crippen MR) is 76.2 cm³/mol. The fraction of sp³-hybridized carbons (Fsp3) is 0.125. The molecular weight excluding hydrogens is 271 g/mol. The number of phenolic OH excluding ortho intramolecular Hbond substituents is 1. The van der Waals surface area contributed by atoms with Crippen molar-refractivity contribution < 1.29 is 14.0 Å². The van der Waals surface area contributed by atoms with Crippen molar-refractivity contribution in [2.45, 2.75) is 13.3 Å². The van der Waals surface area contributed by atoms with E-state index in [1.165, 1.54) is 17.7 Å². The minimum atomic E-state index is -0.522. The molecule has 0 aliphatic rings. The number of halogens is 1. The molecule has 1 aromatic heterocycles. The Bertz CT molecular complexity index is 766. The molecule has 106 valence electrons.